The maximum atomic E-state index is 8.01. The van der Waals surface area contributed by atoms with Gasteiger partial charge < -0.3 is 19.8 Å². The third kappa shape index (κ3) is 3.33. The summed E-state index contributed by atoms with van der Waals surface area (Å²) < 4.78 is 14.0. The van der Waals surface area contributed by atoms with Gasteiger partial charge in [-0.1, -0.05) is 11.3 Å². The smallest absolute Gasteiger partial charge is 0.184 e. The molecule has 1 saturated heterocycles. The number of ether oxygens (including phenoxy) is 2. The number of nitrogens with two attached hydrogens (primary N) is 1. The van der Waals surface area contributed by atoms with Gasteiger partial charge in [0.05, 0.1) is 29.6 Å². The average molecular weight is 322 g/mol. The van der Waals surface area contributed by atoms with Crippen LogP contribution in [0.4, 0.5) is 0 Å². The number of hydrogen-bond donors (Lipinski definition) is 2. The fraction of sp³-hybridized carbons (Fsp3) is 0.533. The summed E-state index contributed by atoms with van der Waals surface area (Å²) in [5, 5.41) is 8.01. The van der Waals surface area contributed by atoms with E-state index in [9.17, 15) is 0 Å². The van der Waals surface area contributed by atoms with Crippen molar-refractivity contribution in [1.29, 1.82) is 5.41 Å². The lowest BCUT2D eigenvalue weighted by molar-refractivity contribution is 0.0322. The Morgan fingerprint density at radius 1 is 1.41 bits per heavy atom. The highest BCUT2D eigenvalue weighted by Crippen LogP contribution is 2.24. The number of thiazole rings is 1. The van der Waals surface area contributed by atoms with E-state index in [0.29, 0.717) is 11.4 Å². The van der Waals surface area contributed by atoms with Gasteiger partial charge in [0.25, 0.3) is 0 Å². The molecule has 2 heterocycles. The zero-order valence-electron chi connectivity index (χ0n) is 12.7. The van der Waals surface area contributed by atoms with Crippen molar-refractivity contribution in [2.75, 3.05) is 39.5 Å². The molecule has 0 spiro atoms. The minimum atomic E-state index is -0.200. The van der Waals surface area contributed by atoms with Crippen molar-refractivity contribution in [2.45, 2.75) is 13.1 Å². The molecule has 6 nitrogen and oxygen atoms in total. The zero-order valence-corrected chi connectivity index (χ0v) is 13.6. The van der Waals surface area contributed by atoms with Crippen LogP contribution in [0, 0.1) is 5.41 Å². The molecule has 0 saturated carbocycles. The molecule has 3 N–H and O–H groups in total. The molecule has 1 aliphatic heterocycles. The highest BCUT2D eigenvalue weighted by Gasteiger charge is 2.11. The van der Waals surface area contributed by atoms with Crippen LogP contribution >= 0.6 is 11.3 Å². The summed E-state index contributed by atoms with van der Waals surface area (Å²) in [5.74, 6) is 0.846. The topological polar surface area (TPSA) is 76.5 Å². The van der Waals surface area contributed by atoms with E-state index >= 15 is 0 Å². The Labute approximate surface area is 133 Å². The van der Waals surface area contributed by atoms with E-state index in [-0.39, 0.29) is 6.17 Å². The van der Waals surface area contributed by atoms with E-state index in [2.05, 4.69) is 4.90 Å². The fourth-order valence-corrected chi connectivity index (χ4v) is 3.67. The first-order valence-electron chi connectivity index (χ1n) is 7.53. The monoisotopic (exact) mass is 322 g/mol. The van der Waals surface area contributed by atoms with Gasteiger partial charge in [-0.15, -0.1) is 0 Å². The van der Waals surface area contributed by atoms with Crippen molar-refractivity contribution < 1.29 is 9.47 Å². The van der Waals surface area contributed by atoms with Crippen molar-refractivity contribution >= 4 is 21.6 Å². The number of hydrogen-bond acceptors (Lipinski definition) is 6. The molecular weight excluding hydrogens is 300 g/mol. The molecule has 3 rings (SSSR count). The van der Waals surface area contributed by atoms with E-state index in [1.54, 1.807) is 0 Å². The number of nitrogens with zero attached hydrogens (tertiary/aromatic N) is 2. The highest BCUT2D eigenvalue weighted by molar-refractivity contribution is 7.16. The van der Waals surface area contributed by atoms with E-state index < -0.39 is 0 Å². The second kappa shape index (κ2) is 6.78. The van der Waals surface area contributed by atoms with Crippen LogP contribution in [-0.4, -0.2) is 48.9 Å². The van der Waals surface area contributed by atoms with Gasteiger partial charge in [-0.25, -0.2) is 0 Å². The summed E-state index contributed by atoms with van der Waals surface area (Å²) in [6, 6.07) is 5.93. The van der Waals surface area contributed by atoms with Gasteiger partial charge in [-0.2, -0.15) is 0 Å². The van der Waals surface area contributed by atoms with Gasteiger partial charge in [-0.3, -0.25) is 10.3 Å². The molecule has 1 aromatic heterocycles. The van der Waals surface area contributed by atoms with Crippen LogP contribution in [0.1, 0.15) is 13.1 Å². The van der Waals surface area contributed by atoms with Crippen LogP contribution in [-0.2, 0) is 4.74 Å². The predicted octanol–water partition coefficient (Wildman–Crippen LogP) is 1.37. The quantitative estimate of drug-likeness (QED) is 0.872. The molecule has 0 radical (unpaired) electrons. The molecule has 7 heteroatoms. The zero-order chi connectivity index (χ0) is 15.5. The summed E-state index contributed by atoms with van der Waals surface area (Å²) in [5.41, 5.74) is 6.92. The lowest BCUT2D eigenvalue weighted by Gasteiger charge is -2.26. The summed E-state index contributed by atoms with van der Waals surface area (Å²) in [4.78, 5) is 2.81. The van der Waals surface area contributed by atoms with Crippen LogP contribution in [0.25, 0.3) is 10.2 Å². The Bertz CT molecular complexity index is 688. The first-order chi connectivity index (χ1) is 10.6. The number of aromatic nitrogens is 1. The Morgan fingerprint density at radius 3 is 2.91 bits per heavy atom. The van der Waals surface area contributed by atoms with Gasteiger partial charge in [0.15, 0.2) is 4.80 Å². The first kappa shape index (κ1) is 15.5. The van der Waals surface area contributed by atoms with Crippen LogP contribution in [0.15, 0.2) is 18.2 Å². The van der Waals surface area contributed by atoms with Crippen LogP contribution in [0.5, 0.6) is 5.75 Å². The molecular formula is C15H22N4O2S. The molecule has 1 fully saturated rings. The normalized spacial score (nSPS) is 17.7. The molecule has 0 bridgehead atoms. The third-order valence-corrected chi connectivity index (χ3v) is 4.74. The van der Waals surface area contributed by atoms with E-state index in [1.807, 2.05) is 29.7 Å². The predicted molar refractivity (Wildman–Crippen MR) is 87.3 cm³/mol. The van der Waals surface area contributed by atoms with Crippen LogP contribution < -0.4 is 15.3 Å². The fourth-order valence-electron chi connectivity index (χ4n) is 2.65. The molecule has 1 unspecified atom stereocenters. The molecule has 22 heavy (non-hydrogen) atoms. The molecule has 120 valence electrons. The summed E-state index contributed by atoms with van der Waals surface area (Å²) in [6.45, 7) is 7.04. The number of rotatable bonds is 5. The van der Waals surface area contributed by atoms with Crippen molar-refractivity contribution in [3.05, 3.63) is 23.0 Å². The van der Waals surface area contributed by atoms with Gasteiger partial charge in [0.1, 0.15) is 12.4 Å². The Morgan fingerprint density at radius 2 is 2.18 bits per heavy atom. The Hall–Kier alpha value is -1.41. The maximum absolute atomic E-state index is 8.01. The van der Waals surface area contributed by atoms with Crippen molar-refractivity contribution in [3.63, 3.8) is 0 Å². The lowest BCUT2D eigenvalue weighted by Crippen LogP contribution is -2.38. The number of fused-ring (bicyclic) bond motifs is 1. The van der Waals surface area contributed by atoms with Crippen LogP contribution in [0.2, 0.25) is 0 Å². The molecule has 1 atom stereocenters. The molecule has 1 aliphatic rings. The molecule has 1 aromatic carbocycles. The van der Waals surface area contributed by atoms with E-state index in [1.165, 1.54) is 11.3 Å². The van der Waals surface area contributed by atoms with E-state index in [4.69, 9.17) is 20.6 Å². The van der Waals surface area contributed by atoms with Gasteiger partial charge in [0, 0.05) is 19.6 Å². The minimum Gasteiger partial charge on any atom is -0.492 e. The SMILES string of the molecule is CC(N)n1c(=N)sc2cc(OCCN3CCOCC3)ccc21. The van der Waals surface area contributed by atoms with E-state index in [0.717, 1.165) is 48.8 Å². The Kier molecular flexibility index (Phi) is 4.77. The largest absolute Gasteiger partial charge is 0.492 e. The third-order valence-electron chi connectivity index (χ3n) is 3.80. The number of benzene rings is 1. The van der Waals surface area contributed by atoms with Gasteiger partial charge in [-0.05, 0) is 25.1 Å². The van der Waals surface area contributed by atoms with Gasteiger partial charge in [0.2, 0.25) is 0 Å². The number of nitrogens with one attached hydrogen (secondary N) is 1. The minimum absolute atomic E-state index is 0.200. The standard InChI is InChI=1S/C15H22N4O2S/c1-11(16)19-13-3-2-12(10-14(13)22-15(19)17)21-9-6-18-4-7-20-8-5-18/h2-3,10-11,17H,4-9,16H2,1H3. The Balaban J connectivity index is 1.66. The van der Waals surface area contributed by atoms with Crippen molar-refractivity contribution in [1.82, 2.24) is 9.47 Å². The summed E-state index contributed by atoms with van der Waals surface area (Å²) in [6.07, 6.45) is -0.200. The molecule has 0 aliphatic carbocycles. The first-order valence-corrected chi connectivity index (χ1v) is 8.35. The summed E-state index contributed by atoms with van der Waals surface area (Å²) >= 11 is 1.43. The molecule has 2 aromatic rings. The number of morpholine rings is 1. The van der Waals surface area contributed by atoms with Crippen molar-refractivity contribution in [3.8, 4) is 5.75 Å². The van der Waals surface area contributed by atoms with Crippen molar-refractivity contribution in [2.24, 2.45) is 5.73 Å². The van der Waals surface area contributed by atoms with Gasteiger partial charge >= 0.3 is 0 Å². The maximum Gasteiger partial charge on any atom is 0.184 e. The van der Waals surface area contributed by atoms with Crippen LogP contribution in [0.3, 0.4) is 0 Å². The second-order valence-corrected chi connectivity index (χ2v) is 6.48. The highest BCUT2D eigenvalue weighted by atomic mass is 32.1. The second-order valence-electron chi connectivity index (χ2n) is 5.45. The average Bonchev–Trinajstić information content (AvgIpc) is 2.83. The lowest BCUT2D eigenvalue weighted by atomic mass is 10.3. The molecule has 0 amide bonds. The summed E-state index contributed by atoms with van der Waals surface area (Å²) in [7, 11) is 0.